The van der Waals surface area contributed by atoms with Gasteiger partial charge in [0.1, 0.15) is 5.69 Å². The number of para-hydroxylation sites is 2. The van der Waals surface area contributed by atoms with Crippen molar-refractivity contribution in [1.29, 1.82) is 0 Å². The first-order valence-corrected chi connectivity index (χ1v) is 8.21. The van der Waals surface area contributed by atoms with Crippen LogP contribution < -0.4 is 5.32 Å². The molecule has 0 atom stereocenters. The van der Waals surface area contributed by atoms with Gasteiger partial charge in [-0.05, 0) is 52.2 Å². The molecule has 0 aliphatic rings. The number of anilines is 2. The van der Waals surface area contributed by atoms with Crippen LogP contribution in [0.4, 0.5) is 17.1 Å². The van der Waals surface area contributed by atoms with Crippen molar-refractivity contribution in [2.24, 2.45) is 0 Å². The Kier molecular flexibility index (Phi) is 4.62. The number of aryl methyl sites for hydroxylation is 1. The third-order valence-electron chi connectivity index (χ3n) is 3.68. The summed E-state index contributed by atoms with van der Waals surface area (Å²) in [6.45, 7) is 2.02. The molecule has 0 amide bonds. The van der Waals surface area contributed by atoms with Crippen LogP contribution in [0.5, 0.6) is 0 Å². The van der Waals surface area contributed by atoms with Crippen molar-refractivity contribution in [3.63, 3.8) is 0 Å². The van der Waals surface area contributed by atoms with Crippen LogP contribution >= 0.6 is 15.9 Å². The monoisotopic (exact) mass is 382 g/mol. The molecule has 0 heterocycles. The lowest BCUT2D eigenvalue weighted by Crippen LogP contribution is -1.99. The molecular formula is C19H15BrN2O2. The minimum Gasteiger partial charge on any atom is -0.348 e. The van der Waals surface area contributed by atoms with Gasteiger partial charge in [-0.3, -0.25) is 10.1 Å². The van der Waals surface area contributed by atoms with Crippen LogP contribution in [0.25, 0.3) is 11.1 Å². The first-order chi connectivity index (χ1) is 11.6. The first kappa shape index (κ1) is 16.2. The van der Waals surface area contributed by atoms with Gasteiger partial charge >= 0.3 is 0 Å². The van der Waals surface area contributed by atoms with Crippen LogP contribution in [-0.2, 0) is 0 Å². The summed E-state index contributed by atoms with van der Waals surface area (Å²) in [7, 11) is 0. The van der Waals surface area contributed by atoms with E-state index in [1.54, 1.807) is 18.2 Å². The summed E-state index contributed by atoms with van der Waals surface area (Å²) < 4.78 is 0.861. The molecule has 0 unspecified atom stereocenters. The Labute approximate surface area is 148 Å². The maximum atomic E-state index is 11.3. The van der Waals surface area contributed by atoms with Crippen molar-refractivity contribution in [1.82, 2.24) is 0 Å². The maximum Gasteiger partial charge on any atom is 0.292 e. The Balaban J connectivity index is 2.14. The molecule has 0 aromatic heterocycles. The van der Waals surface area contributed by atoms with Crippen molar-refractivity contribution in [3.8, 4) is 11.1 Å². The number of benzene rings is 3. The summed E-state index contributed by atoms with van der Waals surface area (Å²) in [5, 5.41) is 14.5. The average molecular weight is 383 g/mol. The van der Waals surface area contributed by atoms with E-state index in [1.165, 1.54) is 6.07 Å². The third-order valence-corrected chi connectivity index (χ3v) is 4.31. The number of hydrogen-bond acceptors (Lipinski definition) is 3. The third kappa shape index (κ3) is 3.31. The predicted molar refractivity (Wildman–Crippen MR) is 101 cm³/mol. The lowest BCUT2D eigenvalue weighted by molar-refractivity contribution is -0.383. The molecule has 5 heteroatoms. The van der Waals surface area contributed by atoms with E-state index in [1.807, 2.05) is 43.3 Å². The van der Waals surface area contributed by atoms with Gasteiger partial charge in [-0.15, -0.1) is 0 Å². The molecule has 4 nitrogen and oxygen atoms in total. The Hall–Kier alpha value is -2.66. The molecular weight excluding hydrogens is 368 g/mol. The van der Waals surface area contributed by atoms with Crippen LogP contribution in [0.1, 0.15) is 5.56 Å². The molecule has 0 saturated heterocycles. The van der Waals surface area contributed by atoms with Gasteiger partial charge in [0.15, 0.2) is 0 Å². The summed E-state index contributed by atoms with van der Waals surface area (Å²) in [6, 6.07) is 20.6. The Morgan fingerprint density at radius 2 is 1.67 bits per heavy atom. The number of nitrogens with one attached hydrogen (secondary N) is 1. The van der Waals surface area contributed by atoms with Gasteiger partial charge in [0, 0.05) is 16.1 Å². The number of nitro groups is 1. The zero-order chi connectivity index (χ0) is 17.1. The van der Waals surface area contributed by atoms with Crippen molar-refractivity contribution in [2.75, 3.05) is 5.32 Å². The molecule has 3 aromatic rings. The SMILES string of the molecule is Cc1cc(Br)c(Nc2ccccc2[N+](=O)[O-])c(-c2ccccc2)c1. The quantitative estimate of drug-likeness (QED) is 0.439. The molecule has 0 spiro atoms. The number of rotatable bonds is 4. The Morgan fingerprint density at radius 1 is 1.00 bits per heavy atom. The van der Waals surface area contributed by atoms with E-state index in [0.717, 1.165) is 26.9 Å². The average Bonchev–Trinajstić information content (AvgIpc) is 2.58. The Bertz CT molecular complexity index is 895. The van der Waals surface area contributed by atoms with Gasteiger partial charge < -0.3 is 5.32 Å². The largest absolute Gasteiger partial charge is 0.348 e. The molecule has 0 bridgehead atoms. The van der Waals surface area contributed by atoms with E-state index < -0.39 is 0 Å². The second-order valence-corrected chi connectivity index (χ2v) is 6.29. The minimum atomic E-state index is -0.382. The molecule has 0 radical (unpaired) electrons. The second-order valence-electron chi connectivity index (χ2n) is 5.43. The fourth-order valence-corrected chi connectivity index (χ4v) is 3.26. The second kappa shape index (κ2) is 6.84. The minimum absolute atomic E-state index is 0.0454. The van der Waals surface area contributed by atoms with Crippen molar-refractivity contribution < 1.29 is 4.92 Å². The van der Waals surface area contributed by atoms with E-state index in [-0.39, 0.29) is 10.6 Å². The first-order valence-electron chi connectivity index (χ1n) is 7.42. The fourth-order valence-electron chi connectivity index (χ4n) is 2.59. The van der Waals surface area contributed by atoms with Gasteiger partial charge in [-0.1, -0.05) is 42.5 Å². The molecule has 0 aliphatic carbocycles. The zero-order valence-electron chi connectivity index (χ0n) is 13.0. The molecule has 0 saturated carbocycles. The van der Waals surface area contributed by atoms with Gasteiger partial charge in [0.2, 0.25) is 0 Å². The van der Waals surface area contributed by atoms with Crippen LogP contribution in [0, 0.1) is 17.0 Å². The molecule has 0 aliphatic heterocycles. The topological polar surface area (TPSA) is 55.2 Å². The van der Waals surface area contributed by atoms with Crippen LogP contribution in [0.15, 0.2) is 71.2 Å². The summed E-state index contributed by atoms with van der Waals surface area (Å²) in [5.41, 5.74) is 4.45. The molecule has 120 valence electrons. The normalized spacial score (nSPS) is 10.4. The lowest BCUT2D eigenvalue weighted by atomic mass is 10.0. The van der Waals surface area contributed by atoms with E-state index in [9.17, 15) is 10.1 Å². The van der Waals surface area contributed by atoms with Gasteiger partial charge in [0.25, 0.3) is 5.69 Å². The molecule has 3 rings (SSSR count). The Morgan fingerprint density at radius 3 is 2.38 bits per heavy atom. The van der Waals surface area contributed by atoms with Crippen molar-refractivity contribution in [3.05, 3.63) is 86.9 Å². The van der Waals surface area contributed by atoms with Crippen molar-refractivity contribution in [2.45, 2.75) is 6.92 Å². The summed E-state index contributed by atoms with van der Waals surface area (Å²) in [5.74, 6) is 0. The number of nitro benzene ring substituents is 1. The van der Waals surface area contributed by atoms with E-state index >= 15 is 0 Å². The number of nitrogens with zero attached hydrogens (tertiary/aromatic N) is 1. The highest BCUT2D eigenvalue weighted by Gasteiger charge is 2.16. The fraction of sp³-hybridized carbons (Fsp3) is 0.0526. The molecule has 1 N–H and O–H groups in total. The molecule has 3 aromatic carbocycles. The predicted octanol–water partition coefficient (Wildman–Crippen LogP) is 6.08. The maximum absolute atomic E-state index is 11.3. The van der Waals surface area contributed by atoms with Crippen LogP contribution in [-0.4, -0.2) is 4.92 Å². The summed E-state index contributed by atoms with van der Waals surface area (Å²) >= 11 is 3.58. The standard InChI is InChI=1S/C19H15BrN2O2/c1-13-11-15(14-7-3-2-4-8-14)19(16(20)12-13)21-17-9-5-6-10-18(17)22(23)24/h2-12,21H,1H3. The number of halogens is 1. The highest BCUT2D eigenvalue weighted by Crippen LogP contribution is 2.39. The smallest absolute Gasteiger partial charge is 0.292 e. The highest BCUT2D eigenvalue weighted by atomic mass is 79.9. The molecule has 24 heavy (non-hydrogen) atoms. The van der Waals surface area contributed by atoms with Gasteiger partial charge in [0.05, 0.1) is 10.6 Å². The van der Waals surface area contributed by atoms with E-state index in [0.29, 0.717) is 5.69 Å². The van der Waals surface area contributed by atoms with Crippen LogP contribution in [0.2, 0.25) is 0 Å². The lowest BCUT2D eigenvalue weighted by Gasteiger charge is -2.16. The molecule has 0 fully saturated rings. The van der Waals surface area contributed by atoms with E-state index in [2.05, 4.69) is 27.3 Å². The van der Waals surface area contributed by atoms with Crippen molar-refractivity contribution >= 4 is 33.0 Å². The summed E-state index contributed by atoms with van der Waals surface area (Å²) in [4.78, 5) is 10.9. The highest BCUT2D eigenvalue weighted by molar-refractivity contribution is 9.10. The van der Waals surface area contributed by atoms with Gasteiger partial charge in [-0.25, -0.2) is 0 Å². The van der Waals surface area contributed by atoms with Crippen LogP contribution in [0.3, 0.4) is 0 Å². The zero-order valence-corrected chi connectivity index (χ0v) is 14.6. The number of hydrogen-bond donors (Lipinski definition) is 1. The summed E-state index contributed by atoms with van der Waals surface area (Å²) in [6.07, 6.45) is 0. The van der Waals surface area contributed by atoms with Gasteiger partial charge in [-0.2, -0.15) is 0 Å². The van der Waals surface area contributed by atoms with E-state index in [4.69, 9.17) is 0 Å².